The maximum atomic E-state index is 5.95. The monoisotopic (exact) mass is 320 g/mol. The third kappa shape index (κ3) is 3.08. The molecule has 6 heteroatoms. The smallest absolute Gasteiger partial charge is 0.162 e. The van der Waals surface area contributed by atoms with E-state index in [2.05, 4.69) is 40.8 Å². The lowest BCUT2D eigenvalue weighted by atomic mass is 10.2. The molecule has 0 aliphatic rings. The third-order valence-corrected chi connectivity index (χ3v) is 3.63. The minimum Gasteiger partial charge on any atom is -0.384 e. The van der Waals surface area contributed by atoms with Crippen molar-refractivity contribution in [1.82, 2.24) is 14.6 Å². The molecule has 0 aliphatic heterocycles. The Labute approximate surface area is 140 Å². The molecule has 0 saturated heterocycles. The minimum atomic E-state index is 0.453. The fraction of sp³-hybridized carbons (Fsp3) is 0.111. The molecule has 0 bridgehead atoms. The van der Waals surface area contributed by atoms with E-state index in [0.717, 1.165) is 40.5 Å². The first kappa shape index (κ1) is 15.6. The highest BCUT2D eigenvalue weighted by Crippen LogP contribution is 2.23. The van der Waals surface area contributed by atoms with E-state index in [0.29, 0.717) is 5.82 Å². The van der Waals surface area contributed by atoms with E-state index in [1.807, 2.05) is 30.5 Å². The second-order valence-electron chi connectivity index (χ2n) is 5.39. The molecule has 0 amide bonds. The van der Waals surface area contributed by atoms with Crippen molar-refractivity contribution in [2.24, 2.45) is 0 Å². The van der Waals surface area contributed by atoms with Gasteiger partial charge in [-0.1, -0.05) is 26.1 Å². The Morgan fingerprint density at radius 2 is 2.12 bits per heavy atom. The van der Waals surface area contributed by atoms with Gasteiger partial charge in [0.2, 0.25) is 0 Å². The van der Waals surface area contributed by atoms with Crippen LogP contribution in [0.2, 0.25) is 0 Å². The number of benzene rings is 1. The van der Waals surface area contributed by atoms with Gasteiger partial charge in [0.15, 0.2) is 5.65 Å². The summed E-state index contributed by atoms with van der Waals surface area (Å²) in [7, 11) is 0. The molecule has 2 aromatic heterocycles. The van der Waals surface area contributed by atoms with Crippen LogP contribution in [0.5, 0.6) is 0 Å². The van der Waals surface area contributed by atoms with Crippen LogP contribution in [0, 0.1) is 0 Å². The van der Waals surface area contributed by atoms with Crippen molar-refractivity contribution in [3.63, 3.8) is 0 Å². The summed E-state index contributed by atoms with van der Waals surface area (Å²) >= 11 is 0. The van der Waals surface area contributed by atoms with Crippen molar-refractivity contribution in [1.29, 1.82) is 0 Å². The van der Waals surface area contributed by atoms with Gasteiger partial charge in [0.25, 0.3) is 0 Å². The molecule has 0 saturated carbocycles. The van der Waals surface area contributed by atoms with E-state index in [1.165, 1.54) is 0 Å². The number of hydrogen-bond acceptors (Lipinski definition) is 5. The van der Waals surface area contributed by atoms with Gasteiger partial charge in [-0.25, -0.2) is 4.98 Å². The molecule has 3 aromatic rings. The number of fused-ring (bicyclic) bond motifs is 1. The molecule has 24 heavy (non-hydrogen) atoms. The van der Waals surface area contributed by atoms with Crippen molar-refractivity contribution in [2.75, 3.05) is 16.4 Å². The predicted molar refractivity (Wildman–Crippen MR) is 99.5 cm³/mol. The molecule has 0 aliphatic carbocycles. The van der Waals surface area contributed by atoms with Crippen LogP contribution in [0.25, 0.3) is 5.65 Å². The van der Waals surface area contributed by atoms with Crippen molar-refractivity contribution in [3.8, 4) is 0 Å². The predicted octanol–water partition coefficient (Wildman–Crippen LogP) is 3.73. The molecular weight excluding hydrogens is 300 g/mol. The second-order valence-corrected chi connectivity index (χ2v) is 5.39. The Kier molecular flexibility index (Phi) is 4.20. The molecule has 0 radical (unpaired) electrons. The molecular formula is C18H20N6. The highest BCUT2D eigenvalue weighted by atomic mass is 15.3. The maximum absolute atomic E-state index is 5.95. The van der Waals surface area contributed by atoms with Gasteiger partial charge < -0.3 is 16.4 Å². The zero-order valence-corrected chi connectivity index (χ0v) is 13.6. The molecule has 4 N–H and O–H groups in total. The lowest BCUT2D eigenvalue weighted by Gasteiger charge is -2.12. The van der Waals surface area contributed by atoms with Crippen LogP contribution in [-0.2, 0) is 6.42 Å². The first-order valence-corrected chi connectivity index (χ1v) is 7.69. The fourth-order valence-corrected chi connectivity index (χ4v) is 2.42. The van der Waals surface area contributed by atoms with Gasteiger partial charge in [-0.15, -0.1) is 0 Å². The summed E-state index contributed by atoms with van der Waals surface area (Å²) < 4.78 is 1.76. The average molecular weight is 320 g/mol. The van der Waals surface area contributed by atoms with E-state index < -0.39 is 0 Å². The number of aromatic nitrogens is 3. The number of nitrogens with one attached hydrogen (secondary N) is 2. The fourth-order valence-electron chi connectivity index (χ4n) is 2.42. The SMILES string of the molecule is C=CC(=C)Nc1cccc(Nc2cc(N)nc3c(CC)cnn23)c1. The van der Waals surface area contributed by atoms with Gasteiger partial charge in [-0.05, 0) is 30.7 Å². The van der Waals surface area contributed by atoms with Crippen LogP contribution >= 0.6 is 0 Å². The van der Waals surface area contributed by atoms with Crippen LogP contribution in [0.1, 0.15) is 12.5 Å². The second kappa shape index (κ2) is 6.45. The number of hydrogen-bond donors (Lipinski definition) is 3. The van der Waals surface area contributed by atoms with Gasteiger partial charge in [0.05, 0.1) is 6.20 Å². The van der Waals surface area contributed by atoms with E-state index >= 15 is 0 Å². The quantitative estimate of drug-likeness (QED) is 0.603. The Morgan fingerprint density at radius 1 is 1.33 bits per heavy atom. The summed E-state index contributed by atoms with van der Waals surface area (Å²) in [5, 5.41) is 10.9. The standard InChI is InChI=1S/C18H20N6/c1-4-12(3)21-14-7-6-8-15(9-14)22-17-10-16(19)23-18-13(5-2)11-20-24(17)18/h4,6-11,21-22H,1,3,5H2,2H3,(H2,19,23). The van der Waals surface area contributed by atoms with Crippen molar-refractivity contribution in [3.05, 3.63) is 67.0 Å². The molecule has 0 fully saturated rings. The van der Waals surface area contributed by atoms with Crippen LogP contribution in [0.4, 0.5) is 23.0 Å². The summed E-state index contributed by atoms with van der Waals surface area (Å²) in [6.07, 6.45) is 4.34. The number of allylic oxidation sites excluding steroid dienone is 1. The van der Waals surface area contributed by atoms with E-state index in [9.17, 15) is 0 Å². The summed E-state index contributed by atoms with van der Waals surface area (Å²) in [5.74, 6) is 1.21. The van der Waals surface area contributed by atoms with Crippen LogP contribution in [0.15, 0.2) is 61.5 Å². The van der Waals surface area contributed by atoms with Gasteiger partial charge in [0.1, 0.15) is 11.6 Å². The Balaban J connectivity index is 1.95. The third-order valence-electron chi connectivity index (χ3n) is 3.63. The van der Waals surface area contributed by atoms with Gasteiger partial charge in [0, 0.05) is 28.7 Å². The lowest BCUT2D eigenvalue weighted by Crippen LogP contribution is -2.04. The molecule has 0 unspecified atom stereocenters. The normalized spacial score (nSPS) is 10.5. The van der Waals surface area contributed by atoms with Crippen LogP contribution in [-0.4, -0.2) is 14.6 Å². The van der Waals surface area contributed by atoms with E-state index in [1.54, 1.807) is 16.7 Å². The highest BCUT2D eigenvalue weighted by molar-refractivity contribution is 5.68. The first-order chi connectivity index (χ1) is 11.6. The van der Waals surface area contributed by atoms with Gasteiger partial charge in [-0.2, -0.15) is 9.61 Å². The van der Waals surface area contributed by atoms with E-state index in [-0.39, 0.29) is 0 Å². The maximum Gasteiger partial charge on any atom is 0.162 e. The van der Waals surface area contributed by atoms with Crippen LogP contribution < -0.4 is 16.4 Å². The van der Waals surface area contributed by atoms with Gasteiger partial charge in [-0.3, -0.25) is 0 Å². The Bertz CT molecular complexity index is 909. The summed E-state index contributed by atoms with van der Waals surface area (Å²) in [5.41, 5.74) is 10.3. The molecule has 0 atom stereocenters. The van der Waals surface area contributed by atoms with Crippen molar-refractivity contribution < 1.29 is 0 Å². The van der Waals surface area contributed by atoms with Crippen molar-refractivity contribution in [2.45, 2.75) is 13.3 Å². The van der Waals surface area contributed by atoms with Crippen molar-refractivity contribution >= 4 is 28.7 Å². The largest absolute Gasteiger partial charge is 0.384 e. The van der Waals surface area contributed by atoms with Crippen LogP contribution in [0.3, 0.4) is 0 Å². The molecule has 1 aromatic carbocycles. The topological polar surface area (TPSA) is 80.3 Å². The molecule has 2 heterocycles. The molecule has 6 nitrogen and oxygen atoms in total. The summed E-state index contributed by atoms with van der Waals surface area (Å²) in [6.45, 7) is 9.62. The Hall–Kier alpha value is -3.28. The number of nitrogen functional groups attached to an aromatic ring is 1. The average Bonchev–Trinajstić information content (AvgIpc) is 2.98. The Morgan fingerprint density at radius 3 is 2.88 bits per heavy atom. The summed E-state index contributed by atoms with van der Waals surface area (Å²) in [4.78, 5) is 4.38. The molecule has 0 spiro atoms. The number of rotatable bonds is 6. The van der Waals surface area contributed by atoms with Gasteiger partial charge >= 0.3 is 0 Å². The molecule has 122 valence electrons. The molecule has 3 rings (SSSR count). The lowest BCUT2D eigenvalue weighted by molar-refractivity contribution is 0.949. The zero-order chi connectivity index (χ0) is 17.1. The number of nitrogens with two attached hydrogens (primary N) is 1. The van der Waals surface area contributed by atoms with E-state index in [4.69, 9.17) is 5.73 Å². The number of nitrogens with zero attached hydrogens (tertiary/aromatic N) is 3. The number of anilines is 4. The number of aryl methyl sites for hydroxylation is 1. The zero-order valence-electron chi connectivity index (χ0n) is 13.6. The summed E-state index contributed by atoms with van der Waals surface area (Å²) in [6, 6.07) is 9.61. The first-order valence-electron chi connectivity index (χ1n) is 7.69. The minimum absolute atomic E-state index is 0.453. The highest BCUT2D eigenvalue weighted by Gasteiger charge is 2.10.